The monoisotopic (exact) mass is 471 g/mol. The van der Waals surface area contributed by atoms with E-state index < -0.39 is 0 Å². The predicted octanol–water partition coefficient (Wildman–Crippen LogP) is 5.76. The van der Waals surface area contributed by atoms with Crippen LogP contribution in [0.4, 0.5) is 4.79 Å². The molecule has 1 aromatic heterocycles. The number of pyridine rings is 1. The normalized spacial score (nSPS) is 22.9. The zero-order valence-electron chi connectivity index (χ0n) is 19.3. The van der Waals surface area contributed by atoms with Crippen molar-refractivity contribution in [3.05, 3.63) is 90.1 Å². The van der Waals surface area contributed by atoms with Crippen molar-refractivity contribution in [3.63, 3.8) is 0 Å². The number of aryl methyl sites for hydroxylation is 1. The molecular formula is C28H29N3O2S. The fourth-order valence-corrected chi connectivity index (χ4v) is 6.66. The van der Waals surface area contributed by atoms with Crippen molar-refractivity contribution >= 4 is 33.8 Å². The van der Waals surface area contributed by atoms with Crippen molar-refractivity contribution < 1.29 is 9.59 Å². The van der Waals surface area contributed by atoms with Gasteiger partial charge in [-0.2, -0.15) is 0 Å². The minimum atomic E-state index is -0.0620. The molecule has 4 atom stereocenters. The molecule has 2 fully saturated rings. The molecule has 2 amide bonds. The number of hydrogen-bond donors (Lipinski definition) is 1. The lowest BCUT2D eigenvalue weighted by Gasteiger charge is -2.39. The molecule has 0 unspecified atom stereocenters. The van der Waals surface area contributed by atoms with Crippen molar-refractivity contribution in [2.75, 3.05) is 13.1 Å². The maximum Gasteiger partial charge on any atom is 0.282 e. The number of benzene rings is 2. The molecule has 2 aliphatic heterocycles. The van der Waals surface area contributed by atoms with E-state index in [0.717, 1.165) is 30.3 Å². The summed E-state index contributed by atoms with van der Waals surface area (Å²) in [5.41, 5.74) is 4.01. The summed E-state index contributed by atoms with van der Waals surface area (Å²) >= 11 is 1.45. The highest BCUT2D eigenvalue weighted by Gasteiger charge is 2.46. The second-order valence-electron chi connectivity index (χ2n) is 9.25. The zero-order valence-corrected chi connectivity index (χ0v) is 20.1. The van der Waals surface area contributed by atoms with Gasteiger partial charge in [0, 0.05) is 36.3 Å². The molecule has 174 valence electrons. The lowest BCUT2D eigenvalue weighted by Crippen LogP contribution is -2.44. The number of nitrogens with one attached hydrogen (secondary N) is 1. The number of rotatable bonds is 6. The summed E-state index contributed by atoms with van der Waals surface area (Å²) in [6.07, 6.45) is 5.64. The first-order valence-electron chi connectivity index (χ1n) is 11.8. The smallest absolute Gasteiger partial charge is 0.282 e. The number of fused-ring (bicyclic) bond motifs is 2. The van der Waals surface area contributed by atoms with Crippen molar-refractivity contribution in [2.45, 2.75) is 31.1 Å². The highest BCUT2D eigenvalue weighted by Crippen LogP contribution is 2.50. The van der Waals surface area contributed by atoms with Gasteiger partial charge < -0.3 is 10.2 Å². The number of amides is 2. The Morgan fingerprint density at radius 1 is 1.26 bits per heavy atom. The van der Waals surface area contributed by atoms with Gasteiger partial charge in [0.15, 0.2) is 0 Å². The summed E-state index contributed by atoms with van der Waals surface area (Å²) in [6, 6.07) is 17.8. The zero-order chi connectivity index (χ0) is 23.7. The number of hydrogen-bond acceptors (Lipinski definition) is 4. The quantitative estimate of drug-likeness (QED) is 0.464. The third kappa shape index (κ3) is 4.34. The van der Waals surface area contributed by atoms with Gasteiger partial charge in [0.25, 0.3) is 11.1 Å². The largest absolute Gasteiger partial charge is 0.351 e. The Bertz CT molecular complexity index is 1230. The maximum absolute atomic E-state index is 12.9. The molecule has 1 N–H and O–H groups in total. The molecular weight excluding hydrogens is 442 g/mol. The fraction of sp³-hybridized carbons (Fsp3) is 0.321. The Morgan fingerprint density at radius 2 is 2.09 bits per heavy atom. The third-order valence-electron chi connectivity index (χ3n) is 7.18. The second kappa shape index (κ2) is 9.63. The van der Waals surface area contributed by atoms with Crippen LogP contribution < -0.4 is 5.32 Å². The lowest BCUT2D eigenvalue weighted by atomic mass is 9.79. The maximum atomic E-state index is 12.9. The van der Waals surface area contributed by atoms with E-state index in [4.69, 9.17) is 0 Å². The first-order chi connectivity index (χ1) is 16.5. The Labute approximate surface area is 204 Å². The van der Waals surface area contributed by atoms with Crippen LogP contribution in [-0.2, 0) is 0 Å². The molecule has 5 nitrogen and oxygen atoms in total. The van der Waals surface area contributed by atoms with Crippen molar-refractivity contribution in [2.24, 2.45) is 11.8 Å². The second-order valence-corrected chi connectivity index (χ2v) is 10.3. The standard InChI is InChI=1S/C28H29N3O2S/c1-3-19(17-30-27(32)20-7-5-4-6-8-20)21-12-14-31-25(16-21)26(34-28(31)33)22-11-13-29-24-10-9-18(2)15-23(22)24/h3-11,13,15,19,21,25-26H,1,12,14,16-17H2,2H3,(H,30,32)/t19-,21-,25-,26-/m0/s1. The molecule has 5 rings (SSSR count). The van der Waals surface area contributed by atoms with Gasteiger partial charge in [-0.1, -0.05) is 47.7 Å². The molecule has 2 aliphatic rings. The van der Waals surface area contributed by atoms with Crippen LogP contribution in [0.1, 0.15) is 39.6 Å². The van der Waals surface area contributed by atoms with E-state index in [-0.39, 0.29) is 28.4 Å². The average Bonchev–Trinajstić information content (AvgIpc) is 3.20. The van der Waals surface area contributed by atoms with Crippen LogP contribution in [0.15, 0.2) is 73.4 Å². The number of piperidine rings is 1. The molecule has 2 aromatic carbocycles. The Kier molecular flexibility index (Phi) is 6.42. The first kappa shape index (κ1) is 22.7. The molecule has 0 spiro atoms. The Balaban J connectivity index is 1.35. The van der Waals surface area contributed by atoms with Crippen LogP contribution in [0.25, 0.3) is 10.9 Å². The number of thioether (sulfide) groups is 1. The van der Waals surface area contributed by atoms with E-state index in [1.54, 1.807) is 0 Å². The molecule has 3 aromatic rings. The first-order valence-corrected chi connectivity index (χ1v) is 12.7. The molecule has 0 saturated carbocycles. The Morgan fingerprint density at radius 3 is 2.88 bits per heavy atom. The molecule has 2 saturated heterocycles. The molecule has 0 radical (unpaired) electrons. The molecule has 3 heterocycles. The van der Waals surface area contributed by atoms with Crippen molar-refractivity contribution in [1.82, 2.24) is 15.2 Å². The van der Waals surface area contributed by atoms with E-state index in [0.29, 0.717) is 18.0 Å². The summed E-state index contributed by atoms with van der Waals surface area (Å²) in [4.78, 5) is 32.1. The third-order valence-corrected chi connectivity index (χ3v) is 8.44. The highest BCUT2D eigenvalue weighted by atomic mass is 32.2. The van der Waals surface area contributed by atoms with Crippen molar-refractivity contribution in [3.8, 4) is 0 Å². The van der Waals surface area contributed by atoms with Gasteiger partial charge in [0.2, 0.25) is 0 Å². The van der Waals surface area contributed by atoms with Gasteiger partial charge in [-0.25, -0.2) is 0 Å². The number of aromatic nitrogens is 1. The van der Waals surface area contributed by atoms with Gasteiger partial charge >= 0.3 is 0 Å². The number of carbonyl (C=O) groups excluding carboxylic acids is 2. The van der Waals surface area contributed by atoms with Crippen molar-refractivity contribution in [1.29, 1.82) is 0 Å². The number of nitrogens with zero attached hydrogens (tertiary/aromatic N) is 2. The average molecular weight is 472 g/mol. The van der Waals surface area contributed by atoms with Crippen LogP contribution in [-0.4, -0.2) is 40.2 Å². The van der Waals surface area contributed by atoms with Gasteiger partial charge in [-0.3, -0.25) is 14.6 Å². The molecule has 0 bridgehead atoms. The molecule has 0 aliphatic carbocycles. The van der Waals surface area contributed by atoms with E-state index in [1.807, 2.05) is 42.6 Å². The van der Waals surface area contributed by atoms with Gasteiger partial charge in [-0.05, 0) is 67.5 Å². The highest BCUT2D eigenvalue weighted by molar-refractivity contribution is 8.14. The van der Waals surface area contributed by atoms with Gasteiger partial charge in [0.05, 0.1) is 10.8 Å². The van der Waals surface area contributed by atoms with E-state index in [2.05, 4.69) is 53.0 Å². The van der Waals surface area contributed by atoms with Crippen LogP contribution in [0.5, 0.6) is 0 Å². The van der Waals surface area contributed by atoms with E-state index >= 15 is 0 Å². The minimum Gasteiger partial charge on any atom is -0.351 e. The summed E-state index contributed by atoms with van der Waals surface area (Å²) in [6.45, 7) is 7.46. The summed E-state index contributed by atoms with van der Waals surface area (Å²) in [5, 5.41) is 4.46. The lowest BCUT2D eigenvalue weighted by molar-refractivity contribution is 0.0934. The van der Waals surface area contributed by atoms with Crippen LogP contribution in [0.2, 0.25) is 0 Å². The summed E-state index contributed by atoms with van der Waals surface area (Å²) < 4.78 is 0. The van der Waals surface area contributed by atoms with Gasteiger partial charge in [-0.15, -0.1) is 6.58 Å². The SMILES string of the molecule is C=C[C@@H](CNC(=O)c1ccccc1)[C@H]1CCN2C(=O)S[C@@H](c3ccnc4ccc(C)cc34)[C@@H]2C1. The van der Waals surface area contributed by atoms with Crippen LogP contribution in [0.3, 0.4) is 0 Å². The van der Waals surface area contributed by atoms with Gasteiger partial charge in [0.1, 0.15) is 0 Å². The van der Waals surface area contributed by atoms with Crippen LogP contribution in [0, 0.1) is 18.8 Å². The van der Waals surface area contributed by atoms with Crippen LogP contribution >= 0.6 is 11.8 Å². The number of carbonyl (C=O) groups is 2. The summed E-state index contributed by atoms with van der Waals surface area (Å²) in [5.74, 6) is 0.458. The Hall–Kier alpha value is -3.12. The minimum absolute atomic E-state index is 0.0620. The predicted molar refractivity (Wildman–Crippen MR) is 138 cm³/mol. The summed E-state index contributed by atoms with van der Waals surface area (Å²) in [7, 11) is 0. The molecule has 34 heavy (non-hydrogen) atoms. The topological polar surface area (TPSA) is 62.3 Å². The molecule has 6 heteroatoms. The van der Waals surface area contributed by atoms with E-state index in [1.165, 1.54) is 22.9 Å². The van der Waals surface area contributed by atoms with E-state index in [9.17, 15) is 9.59 Å². The fourth-order valence-electron chi connectivity index (χ4n) is 5.33.